The lowest BCUT2D eigenvalue weighted by Gasteiger charge is -2.36. The standard InChI is InChI=1S/C15H29NO/c1-13(2,3)12-5-4-7-15(17,8-6-12)14(11-16)9-10-14/h12,17H,4-11,16H2,1-3H3. The Bertz CT molecular complexity index is 277. The fourth-order valence-electron chi connectivity index (χ4n) is 3.73. The Kier molecular flexibility index (Phi) is 3.33. The Morgan fingerprint density at radius 2 is 1.76 bits per heavy atom. The highest BCUT2D eigenvalue weighted by Gasteiger charge is 2.57. The molecule has 0 aromatic carbocycles. The first kappa shape index (κ1) is 13.4. The van der Waals surface area contributed by atoms with Crippen molar-refractivity contribution in [3.8, 4) is 0 Å². The third-order valence-electron chi connectivity index (χ3n) is 5.51. The molecule has 2 heteroatoms. The summed E-state index contributed by atoms with van der Waals surface area (Å²) in [5, 5.41) is 10.9. The lowest BCUT2D eigenvalue weighted by atomic mass is 9.74. The Hall–Kier alpha value is -0.0800. The summed E-state index contributed by atoms with van der Waals surface area (Å²) < 4.78 is 0. The quantitative estimate of drug-likeness (QED) is 0.727. The van der Waals surface area contributed by atoms with Crippen molar-refractivity contribution in [1.29, 1.82) is 0 Å². The first-order chi connectivity index (χ1) is 7.83. The molecule has 2 atom stereocenters. The Balaban J connectivity index is 2.05. The molecule has 0 saturated heterocycles. The molecule has 2 fully saturated rings. The van der Waals surface area contributed by atoms with Crippen LogP contribution in [0, 0.1) is 16.7 Å². The van der Waals surface area contributed by atoms with Crippen LogP contribution in [0.3, 0.4) is 0 Å². The van der Waals surface area contributed by atoms with Gasteiger partial charge < -0.3 is 10.8 Å². The summed E-state index contributed by atoms with van der Waals surface area (Å²) >= 11 is 0. The van der Waals surface area contributed by atoms with Gasteiger partial charge in [0.15, 0.2) is 0 Å². The highest BCUT2D eigenvalue weighted by Crippen LogP contribution is 2.58. The van der Waals surface area contributed by atoms with Crippen LogP contribution in [0.4, 0.5) is 0 Å². The third kappa shape index (κ3) is 2.39. The molecule has 0 aliphatic heterocycles. The van der Waals surface area contributed by atoms with Crippen LogP contribution >= 0.6 is 0 Å². The van der Waals surface area contributed by atoms with Crippen LogP contribution in [0.15, 0.2) is 0 Å². The van der Waals surface area contributed by atoms with Gasteiger partial charge in [-0.25, -0.2) is 0 Å². The molecule has 2 saturated carbocycles. The maximum atomic E-state index is 10.9. The summed E-state index contributed by atoms with van der Waals surface area (Å²) in [5.41, 5.74) is 5.90. The van der Waals surface area contributed by atoms with Gasteiger partial charge >= 0.3 is 0 Å². The van der Waals surface area contributed by atoms with E-state index in [1.165, 1.54) is 19.3 Å². The fourth-order valence-corrected chi connectivity index (χ4v) is 3.73. The van der Waals surface area contributed by atoms with Gasteiger partial charge in [-0.05, 0) is 49.9 Å². The summed E-state index contributed by atoms with van der Waals surface area (Å²) in [7, 11) is 0. The number of aliphatic hydroxyl groups is 1. The van der Waals surface area contributed by atoms with Gasteiger partial charge in [-0.3, -0.25) is 0 Å². The Morgan fingerprint density at radius 3 is 2.24 bits per heavy atom. The number of nitrogens with two attached hydrogens (primary N) is 1. The highest BCUT2D eigenvalue weighted by atomic mass is 16.3. The summed E-state index contributed by atoms with van der Waals surface area (Å²) in [4.78, 5) is 0. The van der Waals surface area contributed by atoms with E-state index in [2.05, 4.69) is 20.8 Å². The minimum Gasteiger partial charge on any atom is -0.389 e. The molecule has 3 N–H and O–H groups in total. The molecule has 0 bridgehead atoms. The zero-order chi connectivity index (χ0) is 12.7. The zero-order valence-electron chi connectivity index (χ0n) is 11.8. The predicted octanol–water partition coefficient (Wildman–Crippen LogP) is 3.08. The third-order valence-corrected chi connectivity index (χ3v) is 5.51. The molecule has 2 unspecified atom stereocenters. The lowest BCUT2D eigenvalue weighted by Crippen LogP contribution is -2.43. The van der Waals surface area contributed by atoms with E-state index in [4.69, 9.17) is 5.73 Å². The van der Waals surface area contributed by atoms with Crippen molar-refractivity contribution in [3.05, 3.63) is 0 Å². The molecule has 2 aliphatic carbocycles. The van der Waals surface area contributed by atoms with Crippen LogP contribution in [-0.2, 0) is 0 Å². The lowest BCUT2D eigenvalue weighted by molar-refractivity contribution is -0.0440. The molecule has 0 amide bonds. The second-order valence-corrected chi connectivity index (χ2v) is 7.51. The van der Waals surface area contributed by atoms with Gasteiger partial charge in [0.1, 0.15) is 0 Å². The molecule has 0 aromatic rings. The van der Waals surface area contributed by atoms with Crippen molar-refractivity contribution >= 4 is 0 Å². The molecule has 100 valence electrons. The minimum atomic E-state index is -0.457. The smallest absolute Gasteiger partial charge is 0.0715 e. The largest absolute Gasteiger partial charge is 0.389 e. The molecular weight excluding hydrogens is 210 g/mol. The van der Waals surface area contributed by atoms with Crippen LogP contribution in [0.5, 0.6) is 0 Å². The van der Waals surface area contributed by atoms with Gasteiger partial charge in [0.25, 0.3) is 0 Å². The second kappa shape index (κ2) is 4.24. The van der Waals surface area contributed by atoms with Gasteiger partial charge in [-0.15, -0.1) is 0 Å². The van der Waals surface area contributed by atoms with Gasteiger partial charge in [-0.2, -0.15) is 0 Å². The first-order valence-electron chi connectivity index (χ1n) is 7.25. The number of hydrogen-bond donors (Lipinski definition) is 2. The Labute approximate surface area is 106 Å². The molecule has 2 nitrogen and oxygen atoms in total. The second-order valence-electron chi connectivity index (χ2n) is 7.51. The van der Waals surface area contributed by atoms with Crippen LogP contribution < -0.4 is 5.73 Å². The normalized spacial score (nSPS) is 37.6. The average molecular weight is 239 g/mol. The molecular formula is C15H29NO. The summed E-state index contributed by atoms with van der Waals surface area (Å²) in [6.07, 6.45) is 7.82. The van der Waals surface area contributed by atoms with Gasteiger partial charge in [-0.1, -0.05) is 27.2 Å². The maximum Gasteiger partial charge on any atom is 0.0715 e. The van der Waals surface area contributed by atoms with Crippen molar-refractivity contribution in [2.75, 3.05) is 6.54 Å². The van der Waals surface area contributed by atoms with Crippen LogP contribution in [0.2, 0.25) is 0 Å². The van der Waals surface area contributed by atoms with E-state index in [0.29, 0.717) is 12.0 Å². The van der Waals surface area contributed by atoms with Gasteiger partial charge in [0.2, 0.25) is 0 Å². The topological polar surface area (TPSA) is 46.2 Å². The molecule has 0 radical (unpaired) electrons. The first-order valence-corrected chi connectivity index (χ1v) is 7.25. The molecule has 2 rings (SSSR count). The van der Waals surface area contributed by atoms with Crippen molar-refractivity contribution in [2.24, 2.45) is 22.5 Å². The van der Waals surface area contributed by atoms with E-state index in [1.54, 1.807) is 0 Å². The number of rotatable bonds is 2. The van der Waals surface area contributed by atoms with Crippen molar-refractivity contribution in [3.63, 3.8) is 0 Å². The summed E-state index contributed by atoms with van der Waals surface area (Å²) in [6, 6.07) is 0. The summed E-state index contributed by atoms with van der Waals surface area (Å²) in [5.74, 6) is 0.755. The van der Waals surface area contributed by atoms with E-state index in [9.17, 15) is 5.11 Å². The van der Waals surface area contributed by atoms with E-state index in [0.717, 1.165) is 31.6 Å². The average Bonchev–Trinajstić information content (AvgIpc) is 3.00. The van der Waals surface area contributed by atoms with Crippen LogP contribution in [0.1, 0.15) is 65.7 Å². The Morgan fingerprint density at radius 1 is 1.12 bits per heavy atom. The molecule has 0 spiro atoms. The summed E-state index contributed by atoms with van der Waals surface area (Å²) in [6.45, 7) is 7.66. The van der Waals surface area contributed by atoms with Gasteiger partial charge in [0, 0.05) is 12.0 Å². The van der Waals surface area contributed by atoms with Crippen molar-refractivity contribution in [2.45, 2.75) is 71.3 Å². The van der Waals surface area contributed by atoms with E-state index < -0.39 is 5.60 Å². The minimum absolute atomic E-state index is 0.0831. The molecule has 0 heterocycles. The zero-order valence-corrected chi connectivity index (χ0v) is 11.8. The highest BCUT2D eigenvalue weighted by molar-refractivity contribution is 5.09. The van der Waals surface area contributed by atoms with E-state index in [1.807, 2.05) is 0 Å². The maximum absolute atomic E-state index is 10.9. The molecule has 2 aliphatic rings. The van der Waals surface area contributed by atoms with Gasteiger partial charge in [0.05, 0.1) is 5.60 Å². The number of hydrogen-bond acceptors (Lipinski definition) is 2. The fraction of sp³-hybridized carbons (Fsp3) is 1.00. The van der Waals surface area contributed by atoms with E-state index >= 15 is 0 Å². The van der Waals surface area contributed by atoms with Crippen LogP contribution in [-0.4, -0.2) is 17.3 Å². The van der Waals surface area contributed by atoms with Crippen molar-refractivity contribution in [1.82, 2.24) is 0 Å². The van der Waals surface area contributed by atoms with E-state index in [-0.39, 0.29) is 5.41 Å². The monoisotopic (exact) mass is 239 g/mol. The molecule has 17 heavy (non-hydrogen) atoms. The van der Waals surface area contributed by atoms with Crippen LogP contribution in [0.25, 0.3) is 0 Å². The predicted molar refractivity (Wildman–Crippen MR) is 71.7 cm³/mol. The molecule has 0 aromatic heterocycles. The van der Waals surface area contributed by atoms with Crippen molar-refractivity contribution < 1.29 is 5.11 Å². The SMILES string of the molecule is CC(C)(C)C1CCCC(O)(C2(CN)CC2)CC1.